The summed E-state index contributed by atoms with van der Waals surface area (Å²) in [6, 6.07) is 16.9. The second-order valence-corrected chi connectivity index (χ2v) is 8.11. The zero-order valence-electron chi connectivity index (χ0n) is 16.3. The Bertz CT molecular complexity index is 1300. The highest BCUT2D eigenvalue weighted by atomic mass is 35.5. The molecule has 7 heteroatoms. The predicted molar refractivity (Wildman–Crippen MR) is 120 cm³/mol. The van der Waals surface area contributed by atoms with Crippen LogP contribution in [0.4, 0.5) is 0 Å². The van der Waals surface area contributed by atoms with Gasteiger partial charge in [-0.1, -0.05) is 35.9 Å². The van der Waals surface area contributed by atoms with Crippen molar-refractivity contribution in [3.63, 3.8) is 0 Å². The molecule has 0 aliphatic carbocycles. The molecule has 0 fully saturated rings. The highest BCUT2D eigenvalue weighted by molar-refractivity contribution is 7.17. The Morgan fingerprint density at radius 2 is 2.03 bits per heavy atom. The first-order chi connectivity index (χ1) is 14.6. The van der Waals surface area contributed by atoms with Gasteiger partial charge in [-0.3, -0.25) is 9.36 Å². The summed E-state index contributed by atoms with van der Waals surface area (Å²) in [5.74, 6) is 0.668. The van der Waals surface area contributed by atoms with Gasteiger partial charge in [-0.15, -0.1) is 11.3 Å². The molecular formula is C23H18ClN3O2S. The van der Waals surface area contributed by atoms with Crippen molar-refractivity contribution in [2.24, 2.45) is 0 Å². The van der Waals surface area contributed by atoms with E-state index in [2.05, 4.69) is 6.07 Å². The summed E-state index contributed by atoms with van der Waals surface area (Å²) in [5, 5.41) is 12.4. The summed E-state index contributed by atoms with van der Waals surface area (Å²) in [7, 11) is 1.63. The van der Waals surface area contributed by atoms with Crippen molar-refractivity contribution in [2.75, 3.05) is 13.7 Å². The minimum absolute atomic E-state index is 0.0975. The number of aromatic nitrogens is 2. The van der Waals surface area contributed by atoms with Crippen LogP contribution in [0, 0.1) is 11.3 Å². The largest absolute Gasteiger partial charge is 0.384 e. The molecule has 0 amide bonds. The van der Waals surface area contributed by atoms with Crippen LogP contribution in [-0.4, -0.2) is 23.3 Å². The molecule has 2 heterocycles. The van der Waals surface area contributed by atoms with Crippen LogP contribution in [0.5, 0.6) is 0 Å². The maximum Gasteiger partial charge on any atom is 0.263 e. The maximum absolute atomic E-state index is 13.6. The fourth-order valence-electron chi connectivity index (χ4n) is 3.38. The summed E-state index contributed by atoms with van der Waals surface area (Å²) in [4.78, 5) is 19.1. The molecule has 4 aromatic rings. The van der Waals surface area contributed by atoms with E-state index in [9.17, 15) is 10.1 Å². The van der Waals surface area contributed by atoms with Crippen molar-refractivity contribution in [3.8, 4) is 17.2 Å². The predicted octanol–water partition coefficient (Wildman–Crippen LogP) is 4.89. The molecule has 2 aromatic carbocycles. The number of ether oxygens (including phenoxy) is 1. The molecule has 4 rings (SSSR count). The fraction of sp³-hybridized carbons (Fsp3) is 0.174. The van der Waals surface area contributed by atoms with Crippen LogP contribution in [0.15, 0.2) is 58.7 Å². The van der Waals surface area contributed by atoms with Crippen molar-refractivity contribution >= 4 is 33.2 Å². The van der Waals surface area contributed by atoms with E-state index in [1.807, 2.05) is 41.8 Å². The van der Waals surface area contributed by atoms with Crippen LogP contribution in [0.25, 0.3) is 21.3 Å². The van der Waals surface area contributed by atoms with Crippen molar-refractivity contribution < 1.29 is 4.74 Å². The zero-order chi connectivity index (χ0) is 21.1. The Balaban J connectivity index is 1.88. The Morgan fingerprint density at radius 1 is 1.23 bits per heavy atom. The summed E-state index contributed by atoms with van der Waals surface area (Å²) in [5.41, 5.74) is 3.11. The first-order valence-electron chi connectivity index (χ1n) is 9.35. The highest BCUT2D eigenvalue weighted by Crippen LogP contribution is 2.32. The van der Waals surface area contributed by atoms with Crippen LogP contribution in [-0.2, 0) is 17.7 Å². The van der Waals surface area contributed by atoms with E-state index < -0.39 is 0 Å². The first kappa shape index (κ1) is 20.3. The van der Waals surface area contributed by atoms with Crippen molar-refractivity contribution in [3.05, 3.63) is 86.2 Å². The Hall–Kier alpha value is -2.98. The van der Waals surface area contributed by atoms with Crippen LogP contribution in [0.3, 0.4) is 0 Å². The number of methoxy groups -OCH3 is 1. The number of rotatable bonds is 6. The second-order valence-electron chi connectivity index (χ2n) is 6.81. The highest BCUT2D eigenvalue weighted by Gasteiger charge is 2.17. The number of nitrogens with zero attached hydrogens (tertiary/aromatic N) is 3. The zero-order valence-corrected chi connectivity index (χ0v) is 17.8. The maximum atomic E-state index is 13.6. The van der Waals surface area contributed by atoms with Crippen LogP contribution < -0.4 is 5.56 Å². The van der Waals surface area contributed by atoms with E-state index in [0.717, 1.165) is 16.7 Å². The van der Waals surface area contributed by atoms with Crippen LogP contribution in [0.2, 0.25) is 5.02 Å². The number of hydrogen-bond acceptors (Lipinski definition) is 5. The van der Waals surface area contributed by atoms with E-state index >= 15 is 0 Å². The molecule has 0 radical (unpaired) electrons. The third-order valence-corrected chi connectivity index (χ3v) is 5.98. The quantitative estimate of drug-likeness (QED) is 0.432. The third-order valence-electron chi connectivity index (χ3n) is 4.85. The number of hydrogen-bond donors (Lipinski definition) is 0. The monoisotopic (exact) mass is 435 g/mol. The summed E-state index contributed by atoms with van der Waals surface area (Å²) in [6.45, 7) is 0.803. The van der Waals surface area contributed by atoms with Gasteiger partial charge in [-0.25, -0.2) is 4.98 Å². The molecule has 0 aliphatic rings. The summed E-state index contributed by atoms with van der Waals surface area (Å²) in [6.07, 6.45) is 0.522. The van der Waals surface area contributed by atoms with Crippen LogP contribution >= 0.6 is 22.9 Å². The van der Waals surface area contributed by atoms with Gasteiger partial charge in [0.1, 0.15) is 10.7 Å². The van der Waals surface area contributed by atoms with Crippen molar-refractivity contribution in [1.82, 2.24) is 9.55 Å². The Labute approximate surface area is 182 Å². The molecule has 0 bridgehead atoms. The van der Waals surface area contributed by atoms with Gasteiger partial charge < -0.3 is 4.74 Å². The molecule has 30 heavy (non-hydrogen) atoms. The molecule has 2 aromatic heterocycles. The fourth-order valence-corrected chi connectivity index (χ4v) is 4.46. The smallest absolute Gasteiger partial charge is 0.263 e. The van der Waals surface area contributed by atoms with Gasteiger partial charge in [0.25, 0.3) is 5.56 Å². The molecule has 5 nitrogen and oxygen atoms in total. The normalized spacial score (nSPS) is 11.0. The van der Waals surface area contributed by atoms with Crippen LogP contribution in [0.1, 0.15) is 17.0 Å². The molecule has 150 valence electrons. The van der Waals surface area contributed by atoms with E-state index in [-0.39, 0.29) is 5.56 Å². The molecule has 0 atom stereocenters. The average molecular weight is 436 g/mol. The number of halogens is 1. The van der Waals surface area contributed by atoms with Gasteiger partial charge in [-0.05, 0) is 35.4 Å². The van der Waals surface area contributed by atoms with Gasteiger partial charge in [0.15, 0.2) is 0 Å². The number of fused-ring (bicyclic) bond motifs is 1. The van der Waals surface area contributed by atoms with E-state index in [1.165, 1.54) is 11.3 Å². The average Bonchev–Trinajstić information content (AvgIpc) is 3.19. The topological polar surface area (TPSA) is 67.9 Å². The lowest BCUT2D eigenvalue weighted by Gasteiger charge is -2.13. The Kier molecular flexibility index (Phi) is 5.96. The molecule has 0 saturated carbocycles. The SMILES string of the molecule is COCCc1nc2scc(-c3ccc(Cl)cc3)c2c(=O)n1Cc1cccc(C#N)c1. The number of thiophene rings is 1. The number of nitriles is 1. The van der Waals surface area contributed by atoms with Crippen molar-refractivity contribution in [2.45, 2.75) is 13.0 Å². The minimum atomic E-state index is -0.0975. The van der Waals surface area contributed by atoms with Gasteiger partial charge in [-0.2, -0.15) is 5.26 Å². The van der Waals surface area contributed by atoms with E-state index in [4.69, 9.17) is 21.3 Å². The molecular weight excluding hydrogens is 418 g/mol. The standard InChI is InChI=1S/C23H18ClN3O2S/c1-29-10-9-20-26-22-21(19(14-30-22)17-5-7-18(24)8-6-17)23(28)27(20)13-16-4-2-3-15(11-16)12-25/h2-8,11,14H,9-10,13H2,1H3. The van der Waals surface area contributed by atoms with Gasteiger partial charge >= 0.3 is 0 Å². The van der Waals surface area contributed by atoms with Gasteiger partial charge in [0.2, 0.25) is 0 Å². The summed E-state index contributed by atoms with van der Waals surface area (Å²) >= 11 is 7.48. The Morgan fingerprint density at radius 3 is 2.77 bits per heavy atom. The molecule has 0 saturated heterocycles. The first-order valence-corrected chi connectivity index (χ1v) is 10.6. The van der Waals surface area contributed by atoms with Crippen molar-refractivity contribution in [1.29, 1.82) is 5.26 Å². The lowest BCUT2D eigenvalue weighted by Crippen LogP contribution is -2.26. The van der Waals surface area contributed by atoms with E-state index in [1.54, 1.807) is 23.8 Å². The third kappa shape index (κ3) is 4.01. The second kappa shape index (κ2) is 8.80. The van der Waals surface area contributed by atoms with Gasteiger partial charge in [0.05, 0.1) is 30.2 Å². The number of benzene rings is 2. The van der Waals surface area contributed by atoms with Gasteiger partial charge in [0, 0.05) is 29.5 Å². The molecule has 0 N–H and O–H groups in total. The van der Waals surface area contributed by atoms with E-state index in [0.29, 0.717) is 46.2 Å². The summed E-state index contributed by atoms with van der Waals surface area (Å²) < 4.78 is 6.90. The lowest BCUT2D eigenvalue weighted by atomic mass is 10.1. The molecule has 0 unspecified atom stereocenters. The molecule has 0 spiro atoms. The minimum Gasteiger partial charge on any atom is -0.384 e. The molecule has 0 aliphatic heterocycles. The lowest BCUT2D eigenvalue weighted by molar-refractivity contribution is 0.199.